The van der Waals surface area contributed by atoms with Gasteiger partial charge in [-0.05, 0) is 69.9 Å². The second kappa shape index (κ2) is 7.98. The van der Waals surface area contributed by atoms with Gasteiger partial charge in [-0.2, -0.15) is 0 Å². The minimum absolute atomic E-state index is 0.527. The molecule has 2 nitrogen and oxygen atoms in total. The van der Waals surface area contributed by atoms with E-state index in [4.69, 9.17) is 0 Å². The summed E-state index contributed by atoms with van der Waals surface area (Å²) >= 11 is 0. The second-order valence-corrected chi connectivity index (χ2v) is 8.10. The average molecular weight is 350 g/mol. The van der Waals surface area contributed by atoms with E-state index in [1.54, 1.807) is 0 Å². The summed E-state index contributed by atoms with van der Waals surface area (Å²) in [5.74, 6) is 1.05. The molecule has 138 valence electrons. The Labute approximate surface area is 158 Å². The predicted octanol–water partition coefficient (Wildman–Crippen LogP) is 4.11. The van der Waals surface area contributed by atoms with Crippen LogP contribution in [0.3, 0.4) is 0 Å². The van der Waals surface area contributed by atoms with Crippen LogP contribution >= 0.6 is 0 Å². The summed E-state index contributed by atoms with van der Waals surface area (Å²) in [5.41, 5.74) is 8.36. The van der Waals surface area contributed by atoms with Crippen LogP contribution in [0.4, 0.5) is 0 Å². The first-order chi connectivity index (χ1) is 12.5. The van der Waals surface area contributed by atoms with Crippen molar-refractivity contribution in [1.29, 1.82) is 0 Å². The summed E-state index contributed by atoms with van der Waals surface area (Å²) in [5, 5.41) is 20.5. The fourth-order valence-electron chi connectivity index (χ4n) is 4.16. The lowest BCUT2D eigenvalue weighted by molar-refractivity contribution is 0.424. The second-order valence-electron chi connectivity index (χ2n) is 8.10. The third-order valence-electron chi connectivity index (χ3n) is 6.13. The molecule has 0 bridgehead atoms. The van der Waals surface area contributed by atoms with E-state index >= 15 is 0 Å². The van der Waals surface area contributed by atoms with Gasteiger partial charge in [-0.1, -0.05) is 70.9 Å². The summed E-state index contributed by atoms with van der Waals surface area (Å²) in [6, 6.07) is 10.8. The van der Waals surface area contributed by atoms with Crippen molar-refractivity contribution < 1.29 is 10.0 Å². The van der Waals surface area contributed by atoms with Gasteiger partial charge in [-0.25, -0.2) is 0 Å². The van der Waals surface area contributed by atoms with Crippen molar-refractivity contribution in [1.82, 2.24) is 0 Å². The van der Waals surface area contributed by atoms with Gasteiger partial charge in [0.05, 0.1) is 0 Å². The van der Waals surface area contributed by atoms with Crippen LogP contribution in [-0.2, 0) is 19.3 Å². The highest BCUT2D eigenvalue weighted by atomic mass is 16.4. The van der Waals surface area contributed by atoms with Crippen LogP contribution < -0.4 is 5.46 Å². The van der Waals surface area contributed by atoms with Gasteiger partial charge < -0.3 is 10.0 Å². The first-order valence-corrected chi connectivity index (χ1v) is 10.1. The van der Waals surface area contributed by atoms with Gasteiger partial charge in [-0.15, -0.1) is 0 Å². The molecule has 0 amide bonds. The van der Waals surface area contributed by atoms with E-state index in [2.05, 4.69) is 58.0 Å². The summed E-state index contributed by atoms with van der Waals surface area (Å²) in [4.78, 5) is 0. The Kier molecular flexibility index (Phi) is 5.89. The van der Waals surface area contributed by atoms with Crippen LogP contribution in [0, 0.1) is 11.8 Å². The number of fused-ring (bicyclic) bond motifs is 3. The van der Waals surface area contributed by atoms with Crippen LogP contribution in [0.5, 0.6) is 0 Å². The molecule has 0 heterocycles. The smallest absolute Gasteiger partial charge is 0.423 e. The van der Waals surface area contributed by atoms with Crippen molar-refractivity contribution in [2.24, 2.45) is 11.8 Å². The molecule has 1 aliphatic rings. The Balaban J connectivity index is 2.21. The van der Waals surface area contributed by atoms with Gasteiger partial charge in [0.2, 0.25) is 0 Å². The third kappa shape index (κ3) is 3.61. The lowest BCUT2D eigenvalue weighted by Crippen LogP contribution is -2.38. The van der Waals surface area contributed by atoms with Crippen molar-refractivity contribution >= 4 is 12.6 Å². The molecule has 2 N–H and O–H groups in total. The molecular weight excluding hydrogens is 319 g/mol. The van der Waals surface area contributed by atoms with E-state index in [9.17, 15) is 10.0 Å². The summed E-state index contributed by atoms with van der Waals surface area (Å²) in [6.07, 6.45) is 4.90. The normalized spacial score (nSPS) is 14.7. The van der Waals surface area contributed by atoms with E-state index in [-0.39, 0.29) is 0 Å². The predicted molar refractivity (Wildman–Crippen MR) is 111 cm³/mol. The first kappa shape index (κ1) is 19.2. The molecule has 0 saturated carbocycles. The summed E-state index contributed by atoms with van der Waals surface area (Å²) < 4.78 is 0. The molecule has 0 aliphatic heterocycles. The van der Waals surface area contributed by atoms with Gasteiger partial charge in [0.15, 0.2) is 0 Å². The Morgan fingerprint density at radius 3 is 2.27 bits per heavy atom. The summed E-state index contributed by atoms with van der Waals surface area (Å²) in [7, 11) is -1.40. The monoisotopic (exact) mass is 350 g/mol. The van der Waals surface area contributed by atoms with Gasteiger partial charge in [-0.3, -0.25) is 0 Å². The van der Waals surface area contributed by atoms with Crippen molar-refractivity contribution in [2.75, 3.05) is 0 Å². The lowest BCUT2D eigenvalue weighted by atomic mass is 9.68. The minimum Gasteiger partial charge on any atom is -0.423 e. The fourth-order valence-corrected chi connectivity index (χ4v) is 4.16. The number of hydrogen-bond donors (Lipinski definition) is 2. The van der Waals surface area contributed by atoms with Crippen LogP contribution in [0.1, 0.15) is 62.8 Å². The molecule has 0 fully saturated rings. The zero-order valence-electron chi connectivity index (χ0n) is 16.5. The number of rotatable bonds is 7. The fraction of sp³-hybridized carbons (Fsp3) is 0.478. The highest BCUT2D eigenvalue weighted by molar-refractivity contribution is 6.60. The molecule has 2 unspecified atom stereocenters. The van der Waals surface area contributed by atoms with Gasteiger partial charge in [0.25, 0.3) is 0 Å². The minimum atomic E-state index is -1.40. The Morgan fingerprint density at radius 2 is 1.62 bits per heavy atom. The molecular formula is C23H31BO2. The van der Waals surface area contributed by atoms with E-state index < -0.39 is 7.12 Å². The molecule has 0 radical (unpaired) electrons. The van der Waals surface area contributed by atoms with Crippen LogP contribution in [0.15, 0.2) is 30.3 Å². The van der Waals surface area contributed by atoms with Crippen LogP contribution in [-0.4, -0.2) is 17.2 Å². The lowest BCUT2D eigenvalue weighted by Gasteiger charge is -2.23. The molecule has 2 aromatic carbocycles. The molecule has 3 heteroatoms. The number of hydrogen-bond acceptors (Lipinski definition) is 2. The molecule has 3 rings (SSSR count). The van der Waals surface area contributed by atoms with Gasteiger partial charge in [0, 0.05) is 0 Å². The average Bonchev–Trinajstić information content (AvgIpc) is 2.99. The molecule has 2 aromatic rings. The van der Waals surface area contributed by atoms with E-state index in [1.807, 2.05) is 0 Å². The number of benzene rings is 2. The van der Waals surface area contributed by atoms with Gasteiger partial charge in [0.1, 0.15) is 0 Å². The highest BCUT2D eigenvalue weighted by Gasteiger charge is 2.30. The Bertz CT molecular complexity index is 782. The Morgan fingerprint density at radius 1 is 0.962 bits per heavy atom. The quantitative estimate of drug-likeness (QED) is 0.630. The zero-order valence-corrected chi connectivity index (χ0v) is 16.5. The van der Waals surface area contributed by atoms with E-state index in [1.165, 1.54) is 27.8 Å². The van der Waals surface area contributed by atoms with E-state index in [0.29, 0.717) is 11.8 Å². The van der Waals surface area contributed by atoms with E-state index in [0.717, 1.165) is 43.1 Å². The molecule has 2 atom stereocenters. The molecule has 0 aromatic heterocycles. The standard InChI is InChI=1S/C23H31BO2/c1-5-15(3)11-18-14-20-19-10-8-7-9-17(19)13-21(20)22(12-16(4)6-2)23(18)24(25)26/h7-10,14-16,25-26H,5-6,11-13H2,1-4H3. The molecule has 0 spiro atoms. The zero-order chi connectivity index (χ0) is 18.8. The molecule has 1 aliphatic carbocycles. The maximum Gasteiger partial charge on any atom is 0.488 e. The van der Waals surface area contributed by atoms with Crippen molar-refractivity contribution in [3.8, 4) is 11.1 Å². The van der Waals surface area contributed by atoms with Crippen molar-refractivity contribution in [3.63, 3.8) is 0 Å². The summed E-state index contributed by atoms with van der Waals surface area (Å²) in [6.45, 7) is 8.90. The third-order valence-corrected chi connectivity index (χ3v) is 6.13. The van der Waals surface area contributed by atoms with Crippen LogP contribution in [0.25, 0.3) is 11.1 Å². The largest absolute Gasteiger partial charge is 0.488 e. The molecule has 26 heavy (non-hydrogen) atoms. The highest BCUT2D eigenvalue weighted by Crippen LogP contribution is 2.39. The maximum absolute atomic E-state index is 10.3. The molecule has 0 saturated heterocycles. The SMILES string of the molecule is CCC(C)Cc1cc2c(c(CC(C)CC)c1B(O)O)Cc1ccccc1-2. The van der Waals surface area contributed by atoms with Gasteiger partial charge >= 0.3 is 7.12 Å². The maximum atomic E-state index is 10.3. The van der Waals surface area contributed by atoms with Crippen LogP contribution in [0.2, 0.25) is 0 Å². The topological polar surface area (TPSA) is 40.5 Å². The van der Waals surface area contributed by atoms with Crippen molar-refractivity contribution in [3.05, 3.63) is 52.6 Å². The van der Waals surface area contributed by atoms with Crippen molar-refractivity contribution in [2.45, 2.75) is 59.8 Å². The first-order valence-electron chi connectivity index (χ1n) is 10.1. The Hall–Kier alpha value is -1.58.